The number of aryl methyl sites for hydroxylation is 2. The number of nitrogens with one attached hydrogen (secondary N) is 2. The van der Waals surface area contributed by atoms with Crippen LogP contribution in [0.5, 0.6) is 5.88 Å². The Morgan fingerprint density at radius 3 is 2.71 bits per heavy atom. The predicted molar refractivity (Wildman–Crippen MR) is 79.7 cm³/mol. The molecule has 0 atom stereocenters. The highest BCUT2D eigenvalue weighted by Gasteiger charge is 2.13. The van der Waals surface area contributed by atoms with Crippen LogP contribution in [-0.2, 0) is 12.8 Å². The van der Waals surface area contributed by atoms with E-state index in [1.807, 2.05) is 18.2 Å². The fourth-order valence-electron chi connectivity index (χ4n) is 2.69. The van der Waals surface area contributed by atoms with Crippen LogP contribution >= 0.6 is 0 Å². The second kappa shape index (κ2) is 5.05. The van der Waals surface area contributed by atoms with Gasteiger partial charge in [0.05, 0.1) is 11.4 Å². The van der Waals surface area contributed by atoms with Crippen molar-refractivity contribution in [3.05, 3.63) is 55.7 Å². The first kappa shape index (κ1) is 13.4. The fraction of sp³-hybridized carbons (Fsp3) is 0.267. The first-order valence-corrected chi connectivity index (χ1v) is 6.77. The van der Waals surface area contributed by atoms with E-state index in [9.17, 15) is 14.7 Å². The summed E-state index contributed by atoms with van der Waals surface area (Å²) in [6, 6.07) is 5.94. The van der Waals surface area contributed by atoms with Crippen molar-refractivity contribution in [3.8, 4) is 5.88 Å². The summed E-state index contributed by atoms with van der Waals surface area (Å²) in [5.74, 6) is -0.467. The lowest BCUT2D eigenvalue weighted by Crippen LogP contribution is -2.27. The van der Waals surface area contributed by atoms with E-state index in [1.165, 1.54) is 11.1 Å². The quantitative estimate of drug-likeness (QED) is 0.727. The monoisotopic (exact) mass is 285 g/mol. The lowest BCUT2D eigenvalue weighted by molar-refractivity contribution is 0.447. The van der Waals surface area contributed by atoms with Crippen LogP contribution in [0.15, 0.2) is 32.8 Å². The molecule has 0 unspecified atom stereocenters. The zero-order chi connectivity index (χ0) is 15.0. The van der Waals surface area contributed by atoms with Gasteiger partial charge in [0.1, 0.15) is 5.56 Å². The van der Waals surface area contributed by atoms with Crippen molar-refractivity contribution in [3.63, 3.8) is 0 Å². The maximum atomic E-state index is 11.8. The Hall–Kier alpha value is -2.63. The number of aromatic nitrogens is 2. The molecular weight excluding hydrogens is 270 g/mol. The maximum Gasteiger partial charge on any atom is 0.328 e. The minimum Gasteiger partial charge on any atom is -0.494 e. The second-order valence-electron chi connectivity index (χ2n) is 5.14. The molecule has 1 aliphatic rings. The highest BCUT2D eigenvalue weighted by atomic mass is 16.3. The molecule has 0 aliphatic heterocycles. The zero-order valence-corrected chi connectivity index (χ0v) is 11.6. The van der Waals surface area contributed by atoms with Gasteiger partial charge in [0, 0.05) is 0 Å². The number of rotatable bonds is 2. The Balaban J connectivity index is 2.04. The Kier molecular flexibility index (Phi) is 3.21. The Morgan fingerprint density at radius 2 is 1.95 bits per heavy atom. The van der Waals surface area contributed by atoms with Crippen molar-refractivity contribution >= 4 is 11.4 Å². The SMILES string of the molecule is CC(=Nc1ccc2c(c1)CCC2)c1c(O)[nH]c(=O)[nH]c1=O. The number of hydrogen-bond acceptors (Lipinski definition) is 4. The van der Waals surface area contributed by atoms with Crippen molar-refractivity contribution in [2.45, 2.75) is 26.2 Å². The Bertz CT molecular complexity index is 846. The molecular formula is C15H15N3O3. The number of H-pyrrole nitrogens is 2. The Labute approximate surface area is 120 Å². The molecule has 21 heavy (non-hydrogen) atoms. The van der Waals surface area contributed by atoms with Gasteiger partial charge in [0.2, 0.25) is 5.88 Å². The first-order valence-electron chi connectivity index (χ1n) is 6.77. The first-order chi connectivity index (χ1) is 10.0. The molecule has 3 rings (SSSR count). The number of hydrogen-bond donors (Lipinski definition) is 3. The van der Waals surface area contributed by atoms with Crippen molar-refractivity contribution in [2.75, 3.05) is 0 Å². The number of benzene rings is 1. The van der Waals surface area contributed by atoms with Gasteiger partial charge in [0.25, 0.3) is 5.56 Å². The van der Waals surface area contributed by atoms with E-state index < -0.39 is 17.1 Å². The molecule has 2 aromatic rings. The smallest absolute Gasteiger partial charge is 0.328 e. The topological polar surface area (TPSA) is 98.3 Å². The molecule has 0 fully saturated rings. The summed E-state index contributed by atoms with van der Waals surface area (Å²) in [5, 5.41) is 9.72. The summed E-state index contributed by atoms with van der Waals surface area (Å²) in [5.41, 5.74) is 2.29. The zero-order valence-electron chi connectivity index (χ0n) is 11.6. The van der Waals surface area contributed by atoms with E-state index in [-0.39, 0.29) is 5.56 Å². The van der Waals surface area contributed by atoms with Crippen molar-refractivity contribution in [1.29, 1.82) is 0 Å². The summed E-state index contributed by atoms with van der Waals surface area (Å²) in [6.45, 7) is 1.62. The third-order valence-electron chi connectivity index (χ3n) is 3.66. The largest absolute Gasteiger partial charge is 0.494 e. The van der Waals surface area contributed by atoms with Crippen LogP contribution < -0.4 is 11.2 Å². The van der Waals surface area contributed by atoms with Gasteiger partial charge < -0.3 is 5.11 Å². The molecule has 0 radical (unpaired) electrons. The van der Waals surface area contributed by atoms with Gasteiger partial charge in [-0.1, -0.05) is 6.07 Å². The van der Waals surface area contributed by atoms with E-state index in [0.29, 0.717) is 5.71 Å². The molecule has 1 aliphatic carbocycles. The highest BCUT2D eigenvalue weighted by molar-refractivity contribution is 6.01. The van der Waals surface area contributed by atoms with Gasteiger partial charge >= 0.3 is 5.69 Å². The van der Waals surface area contributed by atoms with E-state index in [1.54, 1.807) is 6.92 Å². The number of aromatic amines is 2. The number of aromatic hydroxyl groups is 1. The van der Waals surface area contributed by atoms with Gasteiger partial charge in [-0.05, 0) is 49.4 Å². The van der Waals surface area contributed by atoms with Gasteiger partial charge in [0.15, 0.2) is 0 Å². The summed E-state index contributed by atoms with van der Waals surface area (Å²) >= 11 is 0. The van der Waals surface area contributed by atoms with Crippen LogP contribution in [0, 0.1) is 0 Å². The van der Waals surface area contributed by atoms with Crippen LogP contribution in [0.1, 0.15) is 30.0 Å². The molecule has 1 aromatic carbocycles. The number of nitrogens with zero attached hydrogens (tertiary/aromatic N) is 1. The van der Waals surface area contributed by atoms with Gasteiger partial charge in [-0.15, -0.1) is 0 Å². The fourth-order valence-corrected chi connectivity index (χ4v) is 2.69. The van der Waals surface area contributed by atoms with E-state index >= 15 is 0 Å². The van der Waals surface area contributed by atoms with Crippen LogP contribution in [-0.4, -0.2) is 20.8 Å². The van der Waals surface area contributed by atoms with Crippen LogP contribution in [0.2, 0.25) is 0 Å². The molecule has 3 N–H and O–H groups in total. The Morgan fingerprint density at radius 1 is 1.19 bits per heavy atom. The highest BCUT2D eigenvalue weighted by Crippen LogP contribution is 2.26. The standard InChI is InChI=1S/C15H15N3O3/c1-8(12-13(19)17-15(21)18-14(12)20)16-11-6-5-9-3-2-4-10(9)7-11/h5-7H,2-4H2,1H3,(H3,17,18,19,20,21). The molecule has 0 saturated heterocycles. The average molecular weight is 285 g/mol. The minimum atomic E-state index is -0.744. The normalized spacial score (nSPS) is 14.2. The lowest BCUT2D eigenvalue weighted by Gasteiger charge is -2.04. The lowest BCUT2D eigenvalue weighted by atomic mass is 10.1. The van der Waals surface area contributed by atoms with Crippen molar-refractivity contribution in [1.82, 2.24) is 9.97 Å². The van der Waals surface area contributed by atoms with E-state index in [4.69, 9.17) is 0 Å². The molecule has 6 heteroatoms. The molecule has 1 aromatic heterocycles. The van der Waals surface area contributed by atoms with Crippen LogP contribution in [0.25, 0.3) is 0 Å². The van der Waals surface area contributed by atoms with E-state index in [2.05, 4.69) is 15.0 Å². The van der Waals surface area contributed by atoms with Gasteiger partial charge in [-0.2, -0.15) is 0 Å². The van der Waals surface area contributed by atoms with Crippen molar-refractivity contribution < 1.29 is 5.11 Å². The molecule has 108 valence electrons. The summed E-state index contributed by atoms with van der Waals surface area (Å²) in [4.78, 5) is 31.4. The second-order valence-corrected chi connectivity index (χ2v) is 5.14. The molecule has 0 bridgehead atoms. The van der Waals surface area contributed by atoms with Gasteiger partial charge in [-0.3, -0.25) is 19.8 Å². The van der Waals surface area contributed by atoms with E-state index in [0.717, 1.165) is 24.9 Å². The maximum absolute atomic E-state index is 11.8. The summed E-state index contributed by atoms with van der Waals surface area (Å²) in [6.07, 6.45) is 3.29. The molecule has 6 nitrogen and oxygen atoms in total. The number of fused-ring (bicyclic) bond motifs is 1. The van der Waals surface area contributed by atoms with Crippen LogP contribution in [0.3, 0.4) is 0 Å². The van der Waals surface area contributed by atoms with Gasteiger partial charge in [-0.25, -0.2) is 4.79 Å². The third kappa shape index (κ3) is 2.52. The molecule has 0 spiro atoms. The summed E-state index contributed by atoms with van der Waals surface area (Å²) in [7, 11) is 0. The number of aliphatic imine (C=N–C) groups is 1. The van der Waals surface area contributed by atoms with Crippen molar-refractivity contribution in [2.24, 2.45) is 4.99 Å². The third-order valence-corrected chi connectivity index (χ3v) is 3.66. The van der Waals surface area contributed by atoms with Crippen LogP contribution in [0.4, 0.5) is 5.69 Å². The summed E-state index contributed by atoms with van der Waals surface area (Å²) < 4.78 is 0. The molecule has 0 saturated carbocycles. The molecule has 1 heterocycles. The minimum absolute atomic E-state index is 0.0184. The molecule has 0 amide bonds. The predicted octanol–water partition coefficient (Wildman–Crippen LogP) is 1.40. The average Bonchev–Trinajstić information content (AvgIpc) is 2.84.